The molecule has 0 unspecified atom stereocenters. The first-order chi connectivity index (χ1) is 17.5. The van der Waals surface area contributed by atoms with Crippen molar-refractivity contribution in [2.24, 2.45) is 0 Å². The van der Waals surface area contributed by atoms with E-state index in [9.17, 15) is 9.18 Å². The second kappa shape index (κ2) is 8.75. The average molecular weight is 491 g/mol. The normalized spacial score (nSPS) is 17.8. The van der Waals surface area contributed by atoms with Crippen LogP contribution in [0.5, 0.6) is 17.5 Å². The Kier molecular flexibility index (Phi) is 5.40. The molecular weight excluding hydrogens is 465 g/mol. The number of hydrogen-bond donors (Lipinski definition) is 3. The van der Waals surface area contributed by atoms with E-state index in [1.807, 2.05) is 47.9 Å². The molecule has 2 aliphatic heterocycles. The summed E-state index contributed by atoms with van der Waals surface area (Å²) in [6.07, 6.45) is 0.0472. The molecule has 1 aromatic heterocycles. The van der Waals surface area contributed by atoms with Crippen molar-refractivity contribution in [3.8, 4) is 23.2 Å². The highest BCUT2D eigenvalue weighted by Gasteiger charge is 2.33. The lowest BCUT2D eigenvalue weighted by Crippen LogP contribution is -2.32. The topological polar surface area (TPSA) is 96.7 Å². The van der Waals surface area contributed by atoms with Gasteiger partial charge >= 0.3 is 12.0 Å². The van der Waals surface area contributed by atoms with Crippen molar-refractivity contribution < 1.29 is 33.1 Å². The maximum atomic E-state index is 14.1. The SMILES string of the molecule is CCOc1[nH]c2ccc(F)cc2[n+]1-c1cccc2c1OC[C@H]2Nc1ccc2c(c1)OC[C@H]2CC(=O)O. The number of H-pyrrole nitrogens is 1. The van der Waals surface area contributed by atoms with Crippen LogP contribution in [-0.2, 0) is 4.79 Å². The van der Waals surface area contributed by atoms with Gasteiger partial charge in [0.2, 0.25) is 0 Å². The van der Waals surface area contributed by atoms with Crippen LogP contribution in [-0.4, -0.2) is 35.9 Å². The Labute approximate surface area is 206 Å². The van der Waals surface area contributed by atoms with Crippen molar-refractivity contribution in [1.82, 2.24) is 4.98 Å². The lowest BCUT2D eigenvalue weighted by atomic mass is 9.97. The van der Waals surface area contributed by atoms with E-state index in [0.717, 1.165) is 28.0 Å². The highest BCUT2D eigenvalue weighted by Crippen LogP contribution is 2.41. The molecular formula is C27H25FN3O5+. The van der Waals surface area contributed by atoms with E-state index in [-0.39, 0.29) is 24.2 Å². The van der Waals surface area contributed by atoms with Crippen LogP contribution >= 0.6 is 0 Å². The molecule has 0 bridgehead atoms. The van der Waals surface area contributed by atoms with Crippen molar-refractivity contribution in [2.75, 3.05) is 25.1 Å². The summed E-state index contributed by atoms with van der Waals surface area (Å²) in [5, 5.41) is 12.6. The molecule has 184 valence electrons. The molecule has 4 aromatic rings. The number of imidazole rings is 1. The monoisotopic (exact) mass is 490 g/mol. The van der Waals surface area contributed by atoms with Gasteiger partial charge in [0.1, 0.15) is 18.2 Å². The van der Waals surface area contributed by atoms with Crippen molar-refractivity contribution >= 4 is 22.7 Å². The summed E-state index contributed by atoms with van der Waals surface area (Å²) in [6, 6.07) is 16.6. The number of ether oxygens (including phenoxy) is 3. The van der Waals surface area contributed by atoms with Gasteiger partial charge in [-0.05, 0) is 31.2 Å². The molecule has 3 N–H and O–H groups in total. The molecule has 0 aliphatic carbocycles. The Morgan fingerprint density at radius 1 is 1.17 bits per heavy atom. The average Bonchev–Trinajstić information content (AvgIpc) is 3.54. The van der Waals surface area contributed by atoms with Gasteiger partial charge in [0.05, 0.1) is 25.7 Å². The van der Waals surface area contributed by atoms with E-state index in [4.69, 9.17) is 19.3 Å². The number of hydrogen-bond acceptors (Lipinski definition) is 5. The van der Waals surface area contributed by atoms with Crippen LogP contribution in [0.1, 0.15) is 36.4 Å². The number of anilines is 1. The summed E-state index contributed by atoms with van der Waals surface area (Å²) >= 11 is 0. The zero-order valence-corrected chi connectivity index (χ0v) is 19.6. The molecule has 0 amide bonds. The van der Waals surface area contributed by atoms with Gasteiger partial charge in [0, 0.05) is 34.9 Å². The summed E-state index contributed by atoms with van der Waals surface area (Å²) in [4.78, 5) is 14.4. The molecule has 0 saturated carbocycles. The number of benzene rings is 3. The van der Waals surface area contributed by atoms with E-state index in [0.29, 0.717) is 42.8 Å². The number of fused-ring (bicyclic) bond motifs is 3. The Bertz CT molecular complexity index is 1480. The number of carbonyl (C=O) groups is 1. The zero-order valence-electron chi connectivity index (χ0n) is 19.6. The Morgan fingerprint density at radius 2 is 2.06 bits per heavy atom. The van der Waals surface area contributed by atoms with Gasteiger partial charge in [-0.15, -0.1) is 0 Å². The highest BCUT2D eigenvalue weighted by atomic mass is 19.1. The Balaban J connectivity index is 1.33. The van der Waals surface area contributed by atoms with Crippen LogP contribution in [0.3, 0.4) is 0 Å². The van der Waals surface area contributed by atoms with Gasteiger partial charge in [0.15, 0.2) is 22.5 Å². The predicted octanol–water partition coefficient (Wildman–Crippen LogP) is 4.48. The quantitative estimate of drug-likeness (QED) is 0.331. The van der Waals surface area contributed by atoms with E-state index in [1.165, 1.54) is 12.1 Å². The van der Waals surface area contributed by atoms with Crippen LogP contribution in [0.2, 0.25) is 0 Å². The third-order valence-electron chi connectivity index (χ3n) is 6.62. The fourth-order valence-electron chi connectivity index (χ4n) is 5.03. The summed E-state index contributed by atoms with van der Waals surface area (Å²) in [5.74, 6) is 0.0948. The number of nitrogens with zero attached hydrogens (tertiary/aromatic N) is 1. The molecule has 0 spiro atoms. The molecule has 9 heteroatoms. The largest absolute Gasteiger partial charge is 0.493 e. The summed E-state index contributed by atoms with van der Waals surface area (Å²) < 4.78 is 33.7. The predicted molar refractivity (Wildman–Crippen MR) is 130 cm³/mol. The van der Waals surface area contributed by atoms with Crippen molar-refractivity contribution in [1.29, 1.82) is 0 Å². The minimum absolute atomic E-state index is 0.0472. The minimum atomic E-state index is -0.836. The number of aliphatic carboxylic acids is 1. The van der Waals surface area contributed by atoms with E-state index < -0.39 is 5.97 Å². The van der Waals surface area contributed by atoms with Crippen LogP contribution < -0.4 is 24.1 Å². The molecule has 2 aliphatic rings. The third-order valence-corrected chi connectivity index (χ3v) is 6.62. The van der Waals surface area contributed by atoms with Crippen LogP contribution in [0.4, 0.5) is 10.1 Å². The summed E-state index contributed by atoms with van der Waals surface area (Å²) in [7, 11) is 0. The van der Waals surface area contributed by atoms with Gasteiger partial charge in [-0.1, -0.05) is 18.2 Å². The third kappa shape index (κ3) is 3.77. The van der Waals surface area contributed by atoms with Crippen LogP contribution in [0, 0.1) is 5.82 Å². The molecule has 3 heterocycles. The molecule has 6 rings (SSSR count). The van der Waals surface area contributed by atoms with Crippen molar-refractivity contribution in [2.45, 2.75) is 25.3 Å². The highest BCUT2D eigenvalue weighted by molar-refractivity contribution is 5.73. The lowest BCUT2D eigenvalue weighted by molar-refractivity contribution is -0.576. The number of aromatic amines is 1. The first kappa shape index (κ1) is 22.2. The molecule has 36 heavy (non-hydrogen) atoms. The maximum Gasteiger partial charge on any atom is 0.460 e. The van der Waals surface area contributed by atoms with Crippen LogP contribution in [0.15, 0.2) is 54.6 Å². The Morgan fingerprint density at radius 3 is 2.89 bits per heavy atom. The van der Waals surface area contributed by atoms with Crippen molar-refractivity contribution in [3.05, 3.63) is 71.5 Å². The maximum absolute atomic E-state index is 14.1. The molecule has 0 saturated heterocycles. The zero-order chi connectivity index (χ0) is 24.8. The molecule has 3 aromatic carbocycles. The van der Waals surface area contributed by atoms with Gasteiger partial charge in [-0.3, -0.25) is 4.79 Å². The van der Waals surface area contributed by atoms with Crippen LogP contribution in [0.25, 0.3) is 16.7 Å². The second-order valence-electron chi connectivity index (χ2n) is 8.92. The van der Waals surface area contributed by atoms with Gasteiger partial charge in [-0.2, -0.15) is 4.57 Å². The fraction of sp³-hybridized carbons (Fsp3) is 0.259. The number of carboxylic acid groups (broad SMARTS) is 1. The van der Waals surface area contributed by atoms with Crippen molar-refractivity contribution in [3.63, 3.8) is 0 Å². The first-order valence-corrected chi connectivity index (χ1v) is 11.9. The minimum Gasteiger partial charge on any atom is -0.493 e. The van der Waals surface area contributed by atoms with Gasteiger partial charge < -0.3 is 24.6 Å². The summed E-state index contributed by atoms with van der Waals surface area (Å²) in [5.41, 5.74) is 4.90. The number of nitrogens with one attached hydrogen (secondary N) is 2. The van der Waals surface area contributed by atoms with E-state index in [2.05, 4.69) is 10.3 Å². The Hall–Kier alpha value is -4.27. The first-order valence-electron chi connectivity index (χ1n) is 11.9. The fourth-order valence-corrected chi connectivity index (χ4v) is 5.03. The van der Waals surface area contributed by atoms with E-state index in [1.54, 1.807) is 6.07 Å². The lowest BCUT2D eigenvalue weighted by Gasteiger charge is -2.14. The number of para-hydroxylation sites is 1. The molecule has 0 radical (unpaired) electrons. The van der Waals surface area contributed by atoms with Gasteiger partial charge in [0.25, 0.3) is 0 Å². The second-order valence-corrected chi connectivity index (χ2v) is 8.92. The number of aromatic nitrogens is 2. The molecule has 0 fully saturated rings. The standard InChI is InChI=1S/C27H24FN3O5/c1-2-34-27-30-20-9-6-16(28)11-23(20)31(27)22-5-3-4-19-21(14-36-26(19)22)29-17-7-8-18-15(10-25(32)33)13-35-24(18)12-17/h3-9,11-12,15,21,29H,2,10,13-14H2,1H3,(H,32,33)/p+1/t15-,21-/m1/s1. The number of rotatable bonds is 7. The number of halogens is 1. The van der Waals surface area contributed by atoms with Gasteiger partial charge in [-0.25, -0.2) is 9.37 Å². The summed E-state index contributed by atoms with van der Waals surface area (Å²) in [6.45, 7) is 3.12. The smallest absolute Gasteiger partial charge is 0.460 e. The van der Waals surface area contributed by atoms with E-state index >= 15 is 0 Å². The molecule has 2 atom stereocenters. The number of carboxylic acids is 1. The molecule has 8 nitrogen and oxygen atoms in total.